The molecule has 2 aromatic rings. The molecule has 106 valence electrons. The number of imide groups is 1. The molecule has 2 amide bonds. The fourth-order valence-electron chi connectivity index (χ4n) is 2.25. The lowest BCUT2D eigenvalue weighted by Gasteiger charge is -2.14. The predicted molar refractivity (Wildman–Crippen MR) is 80.6 cm³/mol. The fraction of sp³-hybridized carbons (Fsp3) is 0.0667. The lowest BCUT2D eigenvalue weighted by molar-refractivity contribution is 0.0926. The molecule has 0 radical (unpaired) electrons. The van der Waals surface area contributed by atoms with E-state index in [1.54, 1.807) is 24.3 Å². The van der Waals surface area contributed by atoms with Crippen molar-refractivity contribution in [2.75, 3.05) is 12.0 Å². The van der Waals surface area contributed by atoms with E-state index in [0.29, 0.717) is 11.4 Å². The molecule has 0 fully saturated rings. The molecule has 0 atom stereocenters. The molecule has 1 aliphatic heterocycles. The average Bonchev–Trinajstić information content (AvgIpc) is 2.76. The highest BCUT2D eigenvalue weighted by atomic mass is 35.5. The number of carbonyl (C=O) groups is 2. The number of halogens is 2. The molecular weight excluding hydrogens is 313 g/mol. The summed E-state index contributed by atoms with van der Waals surface area (Å²) in [5.74, 6) is -0.327. The van der Waals surface area contributed by atoms with Crippen LogP contribution in [0.15, 0.2) is 36.4 Å². The Kier molecular flexibility index (Phi) is 3.35. The topological polar surface area (TPSA) is 46.6 Å². The van der Waals surface area contributed by atoms with Gasteiger partial charge in [-0.25, -0.2) is 4.90 Å². The van der Waals surface area contributed by atoms with Crippen LogP contribution in [0.5, 0.6) is 5.75 Å². The molecule has 1 heterocycles. The van der Waals surface area contributed by atoms with Gasteiger partial charge in [-0.05, 0) is 36.4 Å². The first kappa shape index (κ1) is 13.9. The van der Waals surface area contributed by atoms with Crippen LogP contribution in [0, 0.1) is 0 Å². The van der Waals surface area contributed by atoms with Crippen molar-refractivity contribution < 1.29 is 14.3 Å². The Hall–Kier alpha value is -2.04. The van der Waals surface area contributed by atoms with Gasteiger partial charge in [0.1, 0.15) is 5.75 Å². The number of anilines is 1. The number of carbonyl (C=O) groups excluding carboxylic acids is 2. The van der Waals surface area contributed by atoms with E-state index >= 15 is 0 Å². The standard InChI is InChI=1S/C15H9Cl2NO3/c1-21-9-4-2-8(3-5-9)18-14(19)12-10(16)6-7-11(17)13(12)15(18)20/h2-7H,1H3. The van der Waals surface area contributed by atoms with Gasteiger partial charge in [0.15, 0.2) is 0 Å². The molecule has 0 unspecified atom stereocenters. The number of ether oxygens (including phenoxy) is 1. The molecule has 0 N–H and O–H groups in total. The summed E-state index contributed by atoms with van der Waals surface area (Å²) in [5.41, 5.74) is 0.726. The highest BCUT2D eigenvalue weighted by molar-refractivity contribution is 6.46. The number of methoxy groups -OCH3 is 1. The first-order valence-electron chi connectivity index (χ1n) is 6.05. The minimum absolute atomic E-state index is 0.144. The Balaban J connectivity index is 2.11. The number of hydrogen-bond donors (Lipinski definition) is 0. The third kappa shape index (κ3) is 2.07. The fourth-order valence-corrected chi connectivity index (χ4v) is 2.73. The third-order valence-corrected chi connectivity index (χ3v) is 3.90. The van der Waals surface area contributed by atoms with Crippen molar-refractivity contribution in [2.45, 2.75) is 0 Å². The SMILES string of the molecule is COc1ccc(N2C(=O)c3c(Cl)ccc(Cl)c3C2=O)cc1. The van der Waals surface area contributed by atoms with Gasteiger partial charge in [-0.3, -0.25) is 9.59 Å². The van der Waals surface area contributed by atoms with Crippen LogP contribution in [0.2, 0.25) is 10.0 Å². The van der Waals surface area contributed by atoms with Crippen molar-refractivity contribution in [2.24, 2.45) is 0 Å². The molecule has 6 heteroatoms. The number of benzene rings is 2. The van der Waals surface area contributed by atoms with E-state index in [2.05, 4.69) is 0 Å². The van der Waals surface area contributed by atoms with Gasteiger partial charge in [0, 0.05) is 0 Å². The molecule has 4 nitrogen and oxygen atoms in total. The van der Waals surface area contributed by atoms with Gasteiger partial charge >= 0.3 is 0 Å². The van der Waals surface area contributed by atoms with Gasteiger partial charge in [0.25, 0.3) is 11.8 Å². The number of rotatable bonds is 2. The first-order chi connectivity index (χ1) is 10.0. The predicted octanol–water partition coefficient (Wildman–Crippen LogP) is 3.80. The van der Waals surface area contributed by atoms with Crippen molar-refractivity contribution in [3.05, 3.63) is 57.6 Å². The summed E-state index contributed by atoms with van der Waals surface area (Å²) in [6, 6.07) is 9.60. The minimum atomic E-state index is -0.479. The maximum Gasteiger partial charge on any atom is 0.267 e. The zero-order valence-electron chi connectivity index (χ0n) is 10.9. The van der Waals surface area contributed by atoms with Gasteiger partial charge in [0.2, 0.25) is 0 Å². The third-order valence-electron chi connectivity index (χ3n) is 3.27. The molecule has 0 aromatic heterocycles. The lowest BCUT2D eigenvalue weighted by atomic mass is 10.1. The van der Waals surface area contributed by atoms with E-state index in [4.69, 9.17) is 27.9 Å². The van der Waals surface area contributed by atoms with Crippen LogP contribution >= 0.6 is 23.2 Å². The number of nitrogens with zero attached hydrogens (tertiary/aromatic N) is 1. The monoisotopic (exact) mass is 321 g/mol. The van der Waals surface area contributed by atoms with Crippen LogP contribution < -0.4 is 9.64 Å². The number of amides is 2. The summed E-state index contributed by atoms with van der Waals surface area (Å²) in [6.45, 7) is 0. The van der Waals surface area contributed by atoms with E-state index in [9.17, 15) is 9.59 Å². The first-order valence-corrected chi connectivity index (χ1v) is 6.81. The summed E-state index contributed by atoms with van der Waals surface area (Å²) in [5, 5.41) is 0.424. The summed E-state index contributed by atoms with van der Waals surface area (Å²) in [7, 11) is 1.54. The normalized spacial score (nSPS) is 13.6. The molecule has 0 saturated heterocycles. The van der Waals surface area contributed by atoms with E-state index in [1.807, 2.05) is 0 Å². The second-order valence-electron chi connectivity index (χ2n) is 4.42. The molecule has 0 bridgehead atoms. The van der Waals surface area contributed by atoms with Gasteiger partial charge < -0.3 is 4.74 Å². The molecule has 3 rings (SSSR count). The summed E-state index contributed by atoms with van der Waals surface area (Å²) >= 11 is 12.0. The number of fused-ring (bicyclic) bond motifs is 1. The Morgan fingerprint density at radius 3 is 1.76 bits per heavy atom. The minimum Gasteiger partial charge on any atom is -0.497 e. The molecule has 1 aliphatic rings. The lowest BCUT2D eigenvalue weighted by Crippen LogP contribution is -2.29. The van der Waals surface area contributed by atoms with Gasteiger partial charge in [-0.1, -0.05) is 23.2 Å². The maximum atomic E-state index is 12.5. The summed E-state index contributed by atoms with van der Waals surface area (Å²) in [4.78, 5) is 26.0. The second kappa shape index (κ2) is 5.06. The molecule has 0 spiro atoms. The maximum absolute atomic E-state index is 12.5. The second-order valence-corrected chi connectivity index (χ2v) is 5.24. The Morgan fingerprint density at radius 2 is 1.33 bits per heavy atom. The van der Waals surface area contributed by atoms with Gasteiger partial charge in [0.05, 0.1) is 34.0 Å². The van der Waals surface area contributed by atoms with Crippen molar-refractivity contribution in [3.63, 3.8) is 0 Å². The van der Waals surface area contributed by atoms with Crippen LogP contribution in [-0.4, -0.2) is 18.9 Å². The van der Waals surface area contributed by atoms with Gasteiger partial charge in [-0.2, -0.15) is 0 Å². The Labute approximate surface area is 130 Å². The quantitative estimate of drug-likeness (QED) is 0.790. The van der Waals surface area contributed by atoms with Crippen molar-refractivity contribution in [3.8, 4) is 5.75 Å². The van der Waals surface area contributed by atoms with E-state index in [0.717, 1.165) is 4.90 Å². The van der Waals surface area contributed by atoms with Crippen molar-refractivity contribution >= 4 is 40.7 Å². The highest BCUT2D eigenvalue weighted by Crippen LogP contribution is 2.36. The Morgan fingerprint density at radius 1 is 0.857 bits per heavy atom. The summed E-state index contributed by atoms with van der Waals surface area (Å²) in [6.07, 6.45) is 0. The van der Waals surface area contributed by atoms with Crippen LogP contribution in [0.4, 0.5) is 5.69 Å². The average molecular weight is 322 g/mol. The molecule has 0 saturated carbocycles. The van der Waals surface area contributed by atoms with E-state index < -0.39 is 11.8 Å². The molecular formula is C15H9Cl2NO3. The molecule has 0 aliphatic carbocycles. The van der Waals surface area contributed by atoms with Crippen LogP contribution in [0.1, 0.15) is 20.7 Å². The molecule has 2 aromatic carbocycles. The Bertz CT molecular complexity index is 715. The van der Waals surface area contributed by atoms with Crippen LogP contribution in [0.3, 0.4) is 0 Å². The van der Waals surface area contributed by atoms with Gasteiger partial charge in [-0.15, -0.1) is 0 Å². The number of hydrogen-bond acceptors (Lipinski definition) is 3. The largest absolute Gasteiger partial charge is 0.497 e. The van der Waals surface area contributed by atoms with E-state index in [-0.39, 0.29) is 21.2 Å². The smallest absolute Gasteiger partial charge is 0.267 e. The zero-order valence-corrected chi connectivity index (χ0v) is 12.4. The van der Waals surface area contributed by atoms with Crippen LogP contribution in [0.25, 0.3) is 0 Å². The van der Waals surface area contributed by atoms with Crippen molar-refractivity contribution in [1.29, 1.82) is 0 Å². The van der Waals surface area contributed by atoms with E-state index in [1.165, 1.54) is 19.2 Å². The summed E-state index contributed by atoms with van der Waals surface area (Å²) < 4.78 is 5.05. The highest BCUT2D eigenvalue weighted by Gasteiger charge is 2.40. The van der Waals surface area contributed by atoms with Crippen LogP contribution in [-0.2, 0) is 0 Å². The zero-order chi connectivity index (χ0) is 15.1. The molecule has 21 heavy (non-hydrogen) atoms. The van der Waals surface area contributed by atoms with Crippen molar-refractivity contribution in [1.82, 2.24) is 0 Å².